The highest BCUT2D eigenvalue weighted by Gasteiger charge is 2.36. The number of amides is 1. The quantitative estimate of drug-likeness (QED) is 0.869. The van der Waals surface area contributed by atoms with Crippen LogP contribution >= 0.6 is 12.4 Å². The molecule has 1 aromatic heterocycles. The first-order valence-electron chi connectivity index (χ1n) is 9.27. The molecule has 2 heterocycles. The fraction of sp³-hybridized carbons (Fsp3) is 0.500. The van der Waals surface area contributed by atoms with Crippen LogP contribution in [0.2, 0.25) is 0 Å². The van der Waals surface area contributed by atoms with Gasteiger partial charge in [-0.15, -0.1) is 12.4 Å². The van der Waals surface area contributed by atoms with E-state index in [1.807, 2.05) is 35.2 Å². The minimum atomic E-state index is -0.0326. The highest BCUT2D eigenvalue weighted by atomic mass is 35.5. The van der Waals surface area contributed by atoms with Gasteiger partial charge in [-0.25, -0.2) is 4.98 Å². The van der Waals surface area contributed by atoms with Gasteiger partial charge in [0.15, 0.2) is 0 Å². The Bertz CT molecular complexity index is 780. The number of nitrogens with zero attached hydrogens (tertiary/aromatic N) is 2. The number of carbonyl (C=O) groups is 1. The van der Waals surface area contributed by atoms with Crippen LogP contribution in [0, 0.1) is 5.92 Å². The van der Waals surface area contributed by atoms with Crippen LogP contribution in [-0.4, -0.2) is 41.6 Å². The molecule has 2 aromatic rings. The molecule has 0 unspecified atom stereocenters. The fourth-order valence-corrected chi connectivity index (χ4v) is 4.00. The van der Waals surface area contributed by atoms with Crippen molar-refractivity contribution in [2.75, 3.05) is 13.7 Å². The van der Waals surface area contributed by atoms with E-state index in [2.05, 4.69) is 4.98 Å². The van der Waals surface area contributed by atoms with Crippen molar-refractivity contribution in [3.63, 3.8) is 0 Å². The number of carbonyl (C=O) groups excluding carboxylic acids is 1. The SMILES string of the molecule is CO[C@H]1C[C@@H](C(=O)N2CCc3oc(-c4ccccc4)nc3C2)CC[C@@H]1N.Cl. The molecule has 1 saturated carbocycles. The number of nitrogens with two attached hydrogens (primary N) is 1. The van der Waals surface area contributed by atoms with Crippen molar-refractivity contribution in [2.24, 2.45) is 11.7 Å². The van der Waals surface area contributed by atoms with Gasteiger partial charge in [-0.1, -0.05) is 18.2 Å². The summed E-state index contributed by atoms with van der Waals surface area (Å²) in [5.41, 5.74) is 7.92. The molecule has 1 fully saturated rings. The Balaban J connectivity index is 0.00000210. The van der Waals surface area contributed by atoms with Gasteiger partial charge in [0.25, 0.3) is 0 Å². The first kappa shape index (κ1) is 19.9. The highest BCUT2D eigenvalue weighted by Crippen LogP contribution is 2.30. The predicted octanol–water partition coefficient (Wildman–Crippen LogP) is 2.79. The molecule has 0 saturated heterocycles. The van der Waals surface area contributed by atoms with Gasteiger partial charge < -0.3 is 19.8 Å². The van der Waals surface area contributed by atoms with E-state index < -0.39 is 0 Å². The van der Waals surface area contributed by atoms with Crippen LogP contribution in [0.1, 0.15) is 30.7 Å². The molecule has 27 heavy (non-hydrogen) atoms. The molecule has 2 aliphatic rings. The molecular formula is C20H26ClN3O3. The maximum atomic E-state index is 13.0. The van der Waals surface area contributed by atoms with E-state index in [0.29, 0.717) is 31.8 Å². The van der Waals surface area contributed by atoms with Gasteiger partial charge in [0.2, 0.25) is 11.8 Å². The molecule has 1 aromatic carbocycles. The Hall–Kier alpha value is -1.89. The topological polar surface area (TPSA) is 81.6 Å². The Morgan fingerprint density at radius 1 is 1.30 bits per heavy atom. The van der Waals surface area contributed by atoms with E-state index >= 15 is 0 Å². The van der Waals surface area contributed by atoms with Crippen molar-refractivity contribution < 1.29 is 13.9 Å². The lowest BCUT2D eigenvalue weighted by molar-refractivity contribution is -0.139. The van der Waals surface area contributed by atoms with Crippen molar-refractivity contribution in [1.29, 1.82) is 0 Å². The van der Waals surface area contributed by atoms with Gasteiger partial charge >= 0.3 is 0 Å². The number of ether oxygens (including phenoxy) is 1. The average Bonchev–Trinajstić information content (AvgIpc) is 3.12. The average molecular weight is 392 g/mol. The maximum absolute atomic E-state index is 13.0. The van der Waals surface area contributed by atoms with E-state index in [-0.39, 0.29) is 36.4 Å². The number of rotatable bonds is 3. The summed E-state index contributed by atoms with van der Waals surface area (Å²) < 4.78 is 11.4. The summed E-state index contributed by atoms with van der Waals surface area (Å²) in [5, 5.41) is 0. The summed E-state index contributed by atoms with van der Waals surface area (Å²) >= 11 is 0. The van der Waals surface area contributed by atoms with Gasteiger partial charge in [0, 0.05) is 37.6 Å². The minimum Gasteiger partial charge on any atom is -0.441 e. The van der Waals surface area contributed by atoms with E-state index in [4.69, 9.17) is 14.9 Å². The standard InChI is InChI=1S/C20H25N3O3.ClH/c1-25-18-11-14(7-8-15(18)21)20(24)23-10-9-17-16(12-23)22-19(26-17)13-5-3-2-4-6-13;/h2-6,14-15,18H,7-12,21H2,1H3;1H/t14-,15-,18-;/m0./s1. The lowest BCUT2D eigenvalue weighted by Crippen LogP contribution is -2.47. The van der Waals surface area contributed by atoms with Gasteiger partial charge in [0.1, 0.15) is 11.5 Å². The van der Waals surface area contributed by atoms with Crippen LogP contribution in [0.5, 0.6) is 0 Å². The molecule has 0 spiro atoms. The zero-order valence-electron chi connectivity index (χ0n) is 15.5. The molecule has 1 amide bonds. The lowest BCUT2D eigenvalue weighted by Gasteiger charge is -2.36. The maximum Gasteiger partial charge on any atom is 0.226 e. The smallest absolute Gasteiger partial charge is 0.226 e. The zero-order chi connectivity index (χ0) is 18.1. The van der Waals surface area contributed by atoms with E-state index in [1.165, 1.54) is 0 Å². The summed E-state index contributed by atoms with van der Waals surface area (Å²) in [4.78, 5) is 19.5. The molecule has 0 bridgehead atoms. The molecule has 2 N–H and O–H groups in total. The third-order valence-electron chi connectivity index (χ3n) is 5.55. The fourth-order valence-electron chi connectivity index (χ4n) is 4.00. The molecule has 7 heteroatoms. The zero-order valence-corrected chi connectivity index (χ0v) is 16.3. The van der Waals surface area contributed by atoms with E-state index in [1.54, 1.807) is 7.11 Å². The van der Waals surface area contributed by atoms with Crippen LogP contribution in [0.25, 0.3) is 11.5 Å². The number of halogens is 1. The highest BCUT2D eigenvalue weighted by molar-refractivity contribution is 5.85. The largest absolute Gasteiger partial charge is 0.441 e. The molecular weight excluding hydrogens is 366 g/mol. The van der Waals surface area contributed by atoms with Crippen molar-refractivity contribution in [3.05, 3.63) is 41.8 Å². The van der Waals surface area contributed by atoms with Gasteiger partial charge in [0.05, 0.1) is 12.6 Å². The van der Waals surface area contributed by atoms with Gasteiger partial charge in [-0.3, -0.25) is 4.79 Å². The Kier molecular flexibility index (Phi) is 6.19. The van der Waals surface area contributed by atoms with Crippen LogP contribution in [0.15, 0.2) is 34.7 Å². The number of aromatic nitrogens is 1. The second kappa shape index (κ2) is 8.42. The predicted molar refractivity (Wildman–Crippen MR) is 104 cm³/mol. The molecule has 1 aliphatic heterocycles. The summed E-state index contributed by atoms with van der Waals surface area (Å²) in [6.07, 6.45) is 3.04. The molecule has 1 aliphatic carbocycles. The van der Waals surface area contributed by atoms with Crippen molar-refractivity contribution >= 4 is 18.3 Å². The van der Waals surface area contributed by atoms with Crippen molar-refractivity contribution in [3.8, 4) is 11.5 Å². The number of benzene rings is 1. The van der Waals surface area contributed by atoms with Crippen LogP contribution in [0.3, 0.4) is 0 Å². The molecule has 4 rings (SSSR count). The monoisotopic (exact) mass is 391 g/mol. The normalized spacial score (nSPS) is 24.8. The van der Waals surface area contributed by atoms with Gasteiger partial charge in [-0.05, 0) is 31.4 Å². The molecule has 6 nitrogen and oxygen atoms in total. The number of methoxy groups -OCH3 is 1. The number of oxazole rings is 1. The van der Waals surface area contributed by atoms with Gasteiger partial charge in [-0.2, -0.15) is 0 Å². The second-order valence-electron chi connectivity index (χ2n) is 7.21. The first-order valence-corrected chi connectivity index (χ1v) is 9.27. The summed E-state index contributed by atoms with van der Waals surface area (Å²) in [7, 11) is 1.67. The lowest BCUT2D eigenvalue weighted by atomic mass is 9.83. The summed E-state index contributed by atoms with van der Waals surface area (Å²) in [6, 6.07) is 9.90. The Labute approximate surface area is 165 Å². The third-order valence-corrected chi connectivity index (χ3v) is 5.55. The molecule has 3 atom stereocenters. The minimum absolute atomic E-state index is 0. The van der Waals surface area contributed by atoms with Crippen molar-refractivity contribution in [2.45, 2.75) is 44.4 Å². The number of hydrogen-bond donors (Lipinski definition) is 1. The second-order valence-corrected chi connectivity index (χ2v) is 7.21. The summed E-state index contributed by atoms with van der Waals surface area (Å²) in [5.74, 6) is 1.71. The van der Waals surface area contributed by atoms with E-state index in [0.717, 1.165) is 29.9 Å². The van der Waals surface area contributed by atoms with Crippen molar-refractivity contribution in [1.82, 2.24) is 9.88 Å². The Morgan fingerprint density at radius 2 is 2.07 bits per heavy atom. The first-order chi connectivity index (χ1) is 12.7. The van der Waals surface area contributed by atoms with Crippen LogP contribution in [0.4, 0.5) is 0 Å². The van der Waals surface area contributed by atoms with E-state index in [9.17, 15) is 4.79 Å². The molecule has 0 radical (unpaired) electrons. The van der Waals surface area contributed by atoms with Crippen LogP contribution < -0.4 is 5.73 Å². The number of fused-ring (bicyclic) bond motifs is 1. The number of hydrogen-bond acceptors (Lipinski definition) is 5. The summed E-state index contributed by atoms with van der Waals surface area (Å²) in [6.45, 7) is 1.19. The molecule has 146 valence electrons. The third kappa shape index (κ3) is 4.03. The Morgan fingerprint density at radius 3 is 2.81 bits per heavy atom. The van der Waals surface area contributed by atoms with Crippen LogP contribution in [-0.2, 0) is 22.5 Å².